The molecule has 1 fully saturated rings. The van der Waals surface area contributed by atoms with Crippen LogP contribution in [0.15, 0.2) is 11.5 Å². The summed E-state index contributed by atoms with van der Waals surface area (Å²) in [6.07, 6.45) is 3.55. The minimum atomic E-state index is 0.796. The standard InChI is InChI=1S/C7H9B/c1-4-2-6-5(4)3-7(6)8/h3-6H,2H2,1H3. The Kier molecular flexibility index (Phi) is 0.701. The molecule has 0 nitrogen and oxygen atoms in total. The highest BCUT2D eigenvalue weighted by molar-refractivity contribution is 6.23. The van der Waals surface area contributed by atoms with E-state index in [9.17, 15) is 0 Å². The molecule has 0 N–H and O–H groups in total. The lowest BCUT2D eigenvalue weighted by Gasteiger charge is -2.50. The molecule has 40 valence electrons. The molecule has 0 saturated heterocycles. The average molecular weight is 104 g/mol. The molecule has 0 spiro atoms. The Balaban J connectivity index is 2.15. The first kappa shape index (κ1) is 4.66. The van der Waals surface area contributed by atoms with Crippen LogP contribution in [-0.4, -0.2) is 7.85 Å². The molecule has 1 saturated carbocycles. The minimum absolute atomic E-state index is 0.796. The van der Waals surface area contributed by atoms with E-state index < -0.39 is 0 Å². The van der Waals surface area contributed by atoms with Crippen molar-refractivity contribution in [1.29, 1.82) is 0 Å². The molecule has 2 radical (unpaired) electrons. The highest BCUT2D eigenvalue weighted by atomic mass is 14.5. The normalized spacial score (nSPS) is 50.6. The van der Waals surface area contributed by atoms with E-state index in [1.807, 2.05) is 0 Å². The monoisotopic (exact) mass is 104 g/mol. The molecule has 0 aromatic heterocycles. The first-order valence-electron chi connectivity index (χ1n) is 3.26. The van der Waals surface area contributed by atoms with E-state index in [1.165, 1.54) is 6.42 Å². The Labute approximate surface area is 51.4 Å². The van der Waals surface area contributed by atoms with Gasteiger partial charge in [-0.3, -0.25) is 0 Å². The summed E-state index contributed by atoms with van der Waals surface area (Å²) in [6, 6.07) is 0. The van der Waals surface area contributed by atoms with E-state index in [0.29, 0.717) is 0 Å². The average Bonchev–Trinajstić information content (AvgIpc) is 1.76. The van der Waals surface area contributed by atoms with Crippen molar-refractivity contribution in [1.82, 2.24) is 0 Å². The van der Waals surface area contributed by atoms with Crippen LogP contribution in [0.3, 0.4) is 0 Å². The molecular weight excluding hydrogens is 94.9 g/mol. The lowest BCUT2D eigenvalue weighted by Crippen LogP contribution is -2.41. The van der Waals surface area contributed by atoms with Crippen LogP contribution in [-0.2, 0) is 0 Å². The van der Waals surface area contributed by atoms with Crippen molar-refractivity contribution >= 4 is 7.85 Å². The van der Waals surface area contributed by atoms with E-state index in [2.05, 4.69) is 13.0 Å². The second-order valence-electron chi connectivity index (χ2n) is 3.06. The van der Waals surface area contributed by atoms with Crippen LogP contribution in [0.25, 0.3) is 0 Å². The van der Waals surface area contributed by atoms with Crippen molar-refractivity contribution in [2.75, 3.05) is 0 Å². The highest BCUT2D eigenvalue weighted by Crippen LogP contribution is 2.51. The van der Waals surface area contributed by atoms with Crippen LogP contribution in [0.1, 0.15) is 13.3 Å². The summed E-state index contributed by atoms with van der Waals surface area (Å²) in [6.45, 7) is 2.30. The van der Waals surface area contributed by atoms with Gasteiger partial charge >= 0.3 is 0 Å². The summed E-state index contributed by atoms with van der Waals surface area (Å²) < 4.78 is 0. The second-order valence-corrected chi connectivity index (χ2v) is 3.06. The maximum Gasteiger partial charge on any atom is 0.107 e. The SMILES string of the molecule is [B]C1=CC2C(C)CC12. The smallest absolute Gasteiger partial charge is 0.107 e. The van der Waals surface area contributed by atoms with Gasteiger partial charge in [0.2, 0.25) is 0 Å². The topological polar surface area (TPSA) is 0 Å². The predicted octanol–water partition coefficient (Wildman–Crippen LogP) is 1.32. The summed E-state index contributed by atoms with van der Waals surface area (Å²) in [7, 11) is 5.59. The van der Waals surface area contributed by atoms with Gasteiger partial charge in [-0.15, -0.1) is 5.47 Å². The van der Waals surface area contributed by atoms with E-state index >= 15 is 0 Å². The van der Waals surface area contributed by atoms with Gasteiger partial charge in [0.1, 0.15) is 7.85 Å². The van der Waals surface area contributed by atoms with Gasteiger partial charge in [-0.05, 0) is 24.2 Å². The molecule has 0 bridgehead atoms. The van der Waals surface area contributed by atoms with E-state index in [4.69, 9.17) is 7.85 Å². The van der Waals surface area contributed by atoms with E-state index in [1.54, 1.807) is 0 Å². The van der Waals surface area contributed by atoms with E-state index in [-0.39, 0.29) is 0 Å². The molecule has 0 heterocycles. The lowest BCUT2D eigenvalue weighted by molar-refractivity contribution is 0.137. The van der Waals surface area contributed by atoms with Gasteiger partial charge in [-0.1, -0.05) is 13.0 Å². The van der Waals surface area contributed by atoms with Gasteiger partial charge in [0.25, 0.3) is 0 Å². The third-order valence-electron chi connectivity index (χ3n) is 2.56. The minimum Gasteiger partial charge on any atom is -0.118 e. The number of fused-ring (bicyclic) bond motifs is 1. The predicted molar refractivity (Wildman–Crippen MR) is 34.6 cm³/mol. The first-order chi connectivity index (χ1) is 3.79. The van der Waals surface area contributed by atoms with Crippen molar-refractivity contribution in [3.63, 3.8) is 0 Å². The van der Waals surface area contributed by atoms with Gasteiger partial charge in [0, 0.05) is 0 Å². The quantitative estimate of drug-likeness (QED) is 0.406. The third-order valence-corrected chi connectivity index (χ3v) is 2.56. The molecule has 0 aromatic carbocycles. The molecule has 3 atom stereocenters. The molecule has 8 heavy (non-hydrogen) atoms. The number of hydrogen-bond acceptors (Lipinski definition) is 0. The largest absolute Gasteiger partial charge is 0.118 e. The Hall–Kier alpha value is -0.195. The summed E-state index contributed by atoms with van der Waals surface area (Å²) in [5.41, 5.74) is 1.15. The van der Waals surface area contributed by atoms with Gasteiger partial charge in [-0.25, -0.2) is 0 Å². The van der Waals surface area contributed by atoms with E-state index in [0.717, 1.165) is 23.2 Å². The maximum absolute atomic E-state index is 5.59. The Bertz CT molecular complexity index is 148. The molecule has 1 heteroatoms. The van der Waals surface area contributed by atoms with Crippen molar-refractivity contribution in [2.45, 2.75) is 13.3 Å². The number of allylic oxidation sites excluding steroid dienone is 2. The van der Waals surface area contributed by atoms with Crippen molar-refractivity contribution < 1.29 is 0 Å². The summed E-state index contributed by atoms with van der Waals surface area (Å²) in [5, 5.41) is 0. The molecule has 0 aromatic rings. The number of rotatable bonds is 0. The van der Waals surface area contributed by atoms with Gasteiger partial charge in [-0.2, -0.15) is 0 Å². The highest BCUT2D eigenvalue weighted by Gasteiger charge is 2.42. The van der Waals surface area contributed by atoms with Crippen LogP contribution in [0, 0.1) is 17.8 Å². The zero-order valence-corrected chi connectivity index (χ0v) is 5.09. The van der Waals surface area contributed by atoms with Crippen molar-refractivity contribution in [2.24, 2.45) is 17.8 Å². The Morgan fingerprint density at radius 3 is 2.62 bits per heavy atom. The zero-order valence-electron chi connectivity index (χ0n) is 5.09. The third kappa shape index (κ3) is 0.342. The fourth-order valence-electron chi connectivity index (χ4n) is 1.78. The lowest BCUT2D eigenvalue weighted by atomic mass is 9.51. The Morgan fingerprint density at radius 1 is 1.75 bits per heavy atom. The molecule has 2 rings (SSSR count). The van der Waals surface area contributed by atoms with Crippen LogP contribution in [0.5, 0.6) is 0 Å². The Morgan fingerprint density at radius 2 is 2.50 bits per heavy atom. The number of hydrogen-bond donors (Lipinski definition) is 0. The molecule has 2 aliphatic rings. The molecule has 0 amide bonds. The first-order valence-corrected chi connectivity index (χ1v) is 3.26. The summed E-state index contributed by atoms with van der Waals surface area (Å²) in [4.78, 5) is 0. The van der Waals surface area contributed by atoms with Crippen LogP contribution in [0.2, 0.25) is 0 Å². The van der Waals surface area contributed by atoms with Crippen molar-refractivity contribution in [3.05, 3.63) is 11.5 Å². The summed E-state index contributed by atoms with van der Waals surface area (Å²) >= 11 is 0. The molecule has 2 aliphatic carbocycles. The van der Waals surface area contributed by atoms with Gasteiger partial charge < -0.3 is 0 Å². The van der Waals surface area contributed by atoms with Crippen molar-refractivity contribution in [3.8, 4) is 0 Å². The van der Waals surface area contributed by atoms with Gasteiger partial charge in [0.15, 0.2) is 0 Å². The molecular formula is C7H9B. The van der Waals surface area contributed by atoms with Crippen LogP contribution < -0.4 is 0 Å². The van der Waals surface area contributed by atoms with Crippen LogP contribution in [0.4, 0.5) is 0 Å². The summed E-state index contributed by atoms with van der Waals surface area (Å²) in [5.74, 6) is 2.59. The second kappa shape index (κ2) is 1.20. The fraction of sp³-hybridized carbons (Fsp3) is 0.714. The van der Waals surface area contributed by atoms with Gasteiger partial charge in [0.05, 0.1) is 0 Å². The molecule has 0 aliphatic heterocycles. The maximum atomic E-state index is 5.59. The molecule has 3 unspecified atom stereocenters. The fourth-order valence-corrected chi connectivity index (χ4v) is 1.78. The zero-order chi connectivity index (χ0) is 5.72. The van der Waals surface area contributed by atoms with Crippen LogP contribution >= 0.6 is 0 Å².